The third-order valence-corrected chi connectivity index (χ3v) is 8.10. The normalized spacial score (nSPS) is 16.7. The zero-order valence-electron chi connectivity index (χ0n) is 23.4. The number of Topliss-reactive ketones (excluding diaryl/α,β-unsaturated/α-hetero) is 4. The number of hydrogen-bond donors (Lipinski definition) is 0. The quantitative estimate of drug-likeness (QED) is 0.222. The minimum absolute atomic E-state index is 0.000772. The summed E-state index contributed by atoms with van der Waals surface area (Å²) >= 11 is 0. The van der Waals surface area contributed by atoms with Crippen molar-refractivity contribution in [1.29, 1.82) is 0 Å². The van der Waals surface area contributed by atoms with E-state index >= 15 is 0 Å². The van der Waals surface area contributed by atoms with Gasteiger partial charge in [-0.1, -0.05) is 57.9 Å². The standard InChI is InChI=1S/C33H42O4/c1-7-10-26(27(9-3)31(36)15-21(5)34)16-23-17-30-28(14-11-20(4)33(30)32(37)18-23)29-19-25(22(6)35)13-12-24(29)8-2/h11-14,19,23,26-27H,7-10,15-18H2,1-6H3. The Morgan fingerprint density at radius 2 is 1.70 bits per heavy atom. The Kier molecular flexibility index (Phi) is 9.75. The molecule has 37 heavy (non-hydrogen) atoms. The smallest absolute Gasteiger partial charge is 0.163 e. The van der Waals surface area contributed by atoms with Gasteiger partial charge in [0.1, 0.15) is 11.6 Å². The molecule has 4 heteroatoms. The van der Waals surface area contributed by atoms with Crippen molar-refractivity contribution in [3.63, 3.8) is 0 Å². The summed E-state index contributed by atoms with van der Waals surface area (Å²) in [6, 6.07) is 10.0. The third kappa shape index (κ3) is 6.52. The Balaban J connectivity index is 2.02. The second kappa shape index (κ2) is 12.6. The summed E-state index contributed by atoms with van der Waals surface area (Å²) in [5.41, 5.74) is 6.83. The topological polar surface area (TPSA) is 68.3 Å². The van der Waals surface area contributed by atoms with Crippen molar-refractivity contribution in [1.82, 2.24) is 0 Å². The van der Waals surface area contributed by atoms with Crippen LogP contribution in [0.1, 0.15) is 111 Å². The van der Waals surface area contributed by atoms with Crippen molar-refractivity contribution < 1.29 is 19.2 Å². The van der Waals surface area contributed by atoms with Gasteiger partial charge in [0.15, 0.2) is 11.6 Å². The number of benzene rings is 2. The van der Waals surface area contributed by atoms with Crippen LogP contribution in [0.2, 0.25) is 0 Å². The first-order valence-corrected chi connectivity index (χ1v) is 13.9. The van der Waals surface area contributed by atoms with Crippen LogP contribution in [0.25, 0.3) is 11.1 Å². The molecule has 0 saturated carbocycles. The molecule has 0 fully saturated rings. The highest BCUT2D eigenvalue weighted by atomic mass is 16.1. The van der Waals surface area contributed by atoms with Gasteiger partial charge in [-0.25, -0.2) is 0 Å². The zero-order chi connectivity index (χ0) is 27.3. The highest BCUT2D eigenvalue weighted by Gasteiger charge is 2.34. The molecule has 3 rings (SSSR count). The van der Waals surface area contributed by atoms with E-state index in [1.807, 2.05) is 38.1 Å². The molecule has 1 aliphatic rings. The van der Waals surface area contributed by atoms with Crippen molar-refractivity contribution in [2.45, 2.75) is 92.9 Å². The fourth-order valence-corrected chi connectivity index (χ4v) is 6.35. The lowest BCUT2D eigenvalue weighted by molar-refractivity contribution is -0.129. The van der Waals surface area contributed by atoms with Gasteiger partial charge in [-0.05, 0) is 92.2 Å². The summed E-state index contributed by atoms with van der Waals surface area (Å²) in [7, 11) is 0. The van der Waals surface area contributed by atoms with Crippen LogP contribution in [0.4, 0.5) is 0 Å². The molecule has 0 radical (unpaired) electrons. The molecule has 2 aromatic rings. The summed E-state index contributed by atoms with van der Waals surface area (Å²) < 4.78 is 0. The molecule has 0 bridgehead atoms. The number of fused-ring (bicyclic) bond motifs is 1. The Bertz CT molecular complexity index is 1190. The predicted molar refractivity (Wildman–Crippen MR) is 149 cm³/mol. The highest BCUT2D eigenvalue weighted by molar-refractivity contribution is 6.03. The summed E-state index contributed by atoms with van der Waals surface area (Å²) in [6.07, 6.45) is 5.52. The highest BCUT2D eigenvalue weighted by Crippen LogP contribution is 2.41. The molecule has 0 aromatic heterocycles. The fraction of sp³-hybridized carbons (Fsp3) is 0.515. The molecule has 2 aromatic carbocycles. The van der Waals surface area contributed by atoms with Gasteiger partial charge in [0.05, 0.1) is 6.42 Å². The van der Waals surface area contributed by atoms with Crippen LogP contribution in [0.3, 0.4) is 0 Å². The first-order chi connectivity index (χ1) is 17.6. The van der Waals surface area contributed by atoms with Gasteiger partial charge in [-0.15, -0.1) is 0 Å². The molecule has 0 aliphatic heterocycles. The molecule has 1 aliphatic carbocycles. The van der Waals surface area contributed by atoms with Crippen molar-refractivity contribution in [2.24, 2.45) is 17.8 Å². The Morgan fingerprint density at radius 1 is 0.973 bits per heavy atom. The van der Waals surface area contributed by atoms with E-state index in [1.165, 1.54) is 6.92 Å². The van der Waals surface area contributed by atoms with Crippen molar-refractivity contribution in [2.75, 3.05) is 0 Å². The fourth-order valence-electron chi connectivity index (χ4n) is 6.35. The molecule has 0 N–H and O–H groups in total. The van der Waals surface area contributed by atoms with E-state index in [0.717, 1.165) is 71.9 Å². The molecular weight excluding hydrogens is 460 g/mol. The van der Waals surface area contributed by atoms with Crippen LogP contribution >= 0.6 is 0 Å². The molecule has 198 valence electrons. The van der Waals surface area contributed by atoms with E-state index in [0.29, 0.717) is 12.0 Å². The van der Waals surface area contributed by atoms with Gasteiger partial charge in [0, 0.05) is 23.5 Å². The van der Waals surface area contributed by atoms with E-state index in [1.54, 1.807) is 6.92 Å². The molecule has 0 heterocycles. The molecule has 3 unspecified atom stereocenters. The number of hydrogen-bond acceptors (Lipinski definition) is 4. The Morgan fingerprint density at radius 3 is 2.30 bits per heavy atom. The average Bonchev–Trinajstić information content (AvgIpc) is 2.83. The van der Waals surface area contributed by atoms with Gasteiger partial charge < -0.3 is 0 Å². The van der Waals surface area contributed by atoms with Crippen LogP contribution in [-0.2, 0) is 22.4 Å². The minimum Gasteiger partial charge on any atom is -0.300 e. The van der Waals surface area contributed by atoms with E-state index in [-0.39, 0.29) is 47.3 Å². The lowest BCUT2D eigenvalue weighted by Crippen LogP contribution is -2.30. The van der Waals surface area contributed by atoms with Crippen LogP contribution in [0, 0.1) is 24.7 Å². The van der Waals surface area contributed by atoms with E-state index in [4.69, 9.17) is 0 Å². The molecule has 0 saturated heterocycles. The number of ketones is 4. The van der Waals surface area contributed by atoms with Crippen molar-refractivity contribution >= 4 is 23.1 Å². The van der Waals surface area contributed by atoms with Crippen molar-refractivity contribution in [3.8, 4) is 11.1 Å². The molecular formula is C33H42O4. The van der Waals surface area contributed by atoms with Gasteiger partial charge >= 0.3 is 0 Å². The Labute approximate surface area is 222 Å². The number of aryl methyl sites for hydroxylation is 2. The van der Waals surface area contributed by atoms with E-state index in [9.17, 15) is 19.2 Å². The first-order valence-electron chi connectivity index (χ1n) is 13.9. The first kappa shape index (κ1) is 28.7. The minimum atomic E-state index is -0.142. The largest absolute Gasteiger partial charge is 0.300 e. The molecule has 0 amide bonds. The number of rotatable bonds is 12. The SMILES string of the molecule is CCCC(CC1CC(=O)c2c(C)ccc(-c3cc(C(C)=O)ccc3CC)c2C1)C(CC)C(=O)CC(C)=O. The van der Waals surface area contributed by atoms with Gasteiger partial charge in [0.25, 0.3) is 0 Å². The summed E-state index contributed by atoms with van der Waals surface area (Å²) in [5.74, 6) is 0.336. The lowest BCUT2D eigenvalue weighted by Gasteiger charge is -2.33. The summed E-state index contributed by atoms with van der Waals surface area (Å²) in [5, 5.41) is 0. The van der Waals surface area contributed by atoms with Crippen LogP contribution in [0.15, 0.2) is 30.3 Å². The van der Waals surface area contributed by atoms with Crippen LogP contribution < -0.4 is 0 Å². The second-order valence-electron chi connectivity index (χ2n) is 10.9. The molecule has 3 atom stereocenters. The van der Waals surface area contributed by atoms with E-state index in [2.05, 4.69) is 19.9 Å². The number of carbonyl (C=O) groups is 4. The lowest BCUT2D eigenvalue weighted by atomic mass is 9.71. The molecule has 4 nitrogen and oxygen atoms in total. The molecule has 0 spiro atoms. The summed E-state index contributed by atoms with van der Waals surface area (Å²) in [6.45, 7) is 11.3. The maximum absolute atomic E-state index is 13.5. The maximum atomic E-state index is 13.5. The zero-order valence-corrected chi connectivity index (χ0v) is 23.4. The van der Waals surface area contributed by atoms with Crippen LogP contribution in [-0.4, -0.2) is 23.1 Å². The average molecular weight is 503 g/mol. The Hall–Kier alpha value is -2.88. The predicted octanol–water partition coefficient (Wildman–Crippen LogP) is 7.55. The van der Waals surface area contributed by atoms with Gasteiger partial charge in [-0.3, -0.25) is 19.2 Å². The third-order valence-electron chi connectivity index (χ3n) is 8.10. The number of carbonyl (C=O) groups excluding carboxylic acids is 4. The van der Waals surface area contributed by atoms with Crippen molar-refractivity contribution in [3.05, 3.63) is 58.1 Å². The monoisotopic (exact) mass is 502 g/mol. The van der Waals surface area contributed by atoms with Gasteiger partial charge in [-0.2, -0.15) is 0 Å². The maximum Gasteiger partial charge on any atom is 0.163 e. The van der Waals surface area contributed by atoms with Crippen LogP contribution in [0.5, 0.6) is 0 Å². The van der Waals surface area contributed by atoms with E-state index < -0.39 is 0 Å². The summed E-state index contributed by atoms with van der Waals surface area (Å²) in [4.78, 5) is 50.3. The second-order valence-corrected chi connectivity index (χ2v) is 10.9. The van der Waals surface area contributed by atoms with Gasteiger partial charge in [0.2, 0.25) is 0 Å².